The van der Waals surface area contributed by atoms with Crippen LogP contribution in [0.25, 0.3) is 10.9 Å². The fraction of sp³-hybridized carbons (Fsp3) is 0.385. The molecule has 0 bridgehead atoms. The molecule has 7 heteroatoms. The van der Waals surface area contributed by atoms with Crippen LogP contribution in [-0.2, 0) is 16.3 Å². The Bertz CT molecular complexity index is 1280. The van der Waals surface area contributed by atoms with Crippen molar-refractivity contribution in [3.63, 3.8) is 0 Å². The number of benzene rings is 2. The third-order valence-electron chi connectivity index (χ3n) is 6.23. The average molecular weight is 469 g/mol. The molecule has 0 N–H and O–H groups in total. The predicted octanol–water partition coefficient (Wildman–Crippen LogP) is 5.28. The first-order valence-corrected chi connectivity index (χ1v) is 12.9. The van der Waals surface area contributed by atoms with Crippen LogP contribution in [0.5, 0.6) is 0 Å². The summed E-state index contributed by atoms with van der Waals surface area (Å²) in [5.74, 6) is 0.00137. The maximum absolute atomic E-state index is 14.2. The average Bonchev–Trinajstić information content (AvgIpc) is 2.78. The molecule has 1 fully saturated rings. The molecule has 1 aliphatic rings. The van der Waals surface area contributed by atoms with Crippen LogP contribution in [-0.4, -0.2) is 37.3 Å². The van der Waals surface area contributed by atoms with Crippen LogP contribution in [0.3, 0.4) is 0 Å². The number of carbonyl (C=O) groups is 1. The van der Waals surface area contributed by atoms with Crippen molar-refractivity contribution >= 4 is 26.6 Å². The predicted molar refractivity (Wildman–Crippen MR) is 126 cm³/mol. The highest BCUT2D eigenvalue weighted by Gasteiger charge is 2.31. The molecular formula is C26H29FN2O3S. The lowest BCUT2D eigenvalue weighted by molar-refractivity contribution is 0.0693. The number of rotatable bonds is 5. The Hall–Kier alpha value is -2.80. The molecule has 1 aliphatic heterocycles. The van der Waals surface area contributed by atoms with Crippen molar-refractivity contribution < 1.29 is 17.6 Å². The molecule has 3 aromatic rings. The van der Waals surface area contributed by atoms with Gasteiger partial charge in [-0.15, -0.1) is 0 Å². The molecule has 0 aliphatic carbocycles. The molecule has 2 aromatic carbocycles. The molecule has 5 nitrogen and oxygen atoms in total. The van der Waals surface area contributed by atoms with Gasteiger partial charge in [0.2, 0.25) is 9.84 Å². The number of fused-ring (bicyclic) bond motifs is 1. The van der Waals surface area contributed by atoms with Gasteiger partial charge in [-0.3, -0.25) is 9.78 Å². The van der Waals surface area contributed by atoms with Crippen LogP contribution in [0.2, 0.25) is 0 Å². The third-order valence-corrected chi connectivity index (χ3v) is 8.10. The zero-order valence-electron chi connectivity index (χ0n) is 19.2. The smallest absolute Gasteiger partial charge is 0.256 e. The largest absolute Gasteiger partial charge is 0.339 e. The van der Waals surface area contributed by atoms with Crippen molar-refractivity contribution in [1.29, 1.82) is 0 Å². The quantitative estimate of drug-likeness (QED) is 0.511. The number of pyridine rings is 1. The Morgan fingerprint density at radius 1 is 1.12 bits per heavy atom. The Kier molecular flexibility index (Phi) is 6.52. The van der Waals surface area contributed by atoms with Crippen LogP contribution < -0.4 is 0 Å². The van der Waals surface area contributed by atoms with Gasteiger partial charge in [0.05, 0.1) is 20.9 Å². The van der Waals surface area contributed by atoms with E-state index in [4.69, 9.17) is 0 Å². The molecule has 1 saturated heterocycles. The molecule has 0 radical (unpaired) electrons. The molecule has 2 heterocycles. The van der Waals surface area contributed by atoms with Crippen LogP contribution in [0.1, 0.15) is 49.5 Å². The van der Waals surface area contributed by atoms with Gasteiger partial charge in [0, 0.05) is 24.7 Å². The van der Waals surface area contributed by atoms with Crippen molar-refractivity contribution in [1.82, 2.24) is 9.88 Å². The van der Waals surface area contributed by atoms with Crippen LogP contribution in [0.15, 0.2) is 58.5 Å². The Balaban J connectivity index is 1.86. The first-order chi connectivity index (χ1) is 15.7. The first kappa shape index (κ1) is 23.4. The van der Waals surface area contributed by atoms with Gasteiger partial charge < -0.3 is 4.90 Å². The van der Waals surface area contributed by atoms with Gasteiger partial charge >= 0.3 is 0 Å². The minimum absolute atomic E-state index is 0.00564. The fourth-order valence-corrected chi connectivity index (χ4v) is 5.97. The lowest BCUT2D eigenvalue weighted by Crippen LogP contribution is -2.38. The van der Waals surface area contributed by atoms with E-state index in [-0.39, 0.29) is 26.6 Å². The first-order valence-electron chi connectivity index (χ1n) is 11.4. The Morgan fingerprint density at radius 3 is 2.42 bits per heavy atom. The fourth-order valence-electron chi connectivity index (χ4n) is 4.36. The highest BCUT2D eigenvalue weighted by molar-refractivity contribution is 7.91. The van der Waals surface area contributed by atoms with Gasteiger partial charge in [-0.2, -0.15) is 0 Å². The van der Waals surface area contributed by atoms with Crippen molar-refractivity contribution in [2.45, 2.75) is 49.8 Å². The number of sulfone groups is 1. The van der Waals surface area contributed by atoms with Crippen LogP contribution >= 0.6 is 0 Å². The molecule has 1 aromatic heterocycles. The van der Waals surface area contributed by atoms with Gasteiger partial charge in [0.25, 0.3) is 5.91 Å². The van der Waals surface area contributed by atoms with Crippen molar-refractivity contribution in [2.75, 3.05) is 13.1 Å². The van der Waals surface area contributed by atoms with Gasteiger partial charge in [0.1, 0.15) is 5.82 Å². The standard InChI is InChI=1S/C26H29FN2O3S/c1-17(2)14-19-4-7-21(8-5-19)33(31,32)25-22-15-20(27)6-9-24(22)28-16-23(25)26(30)29-12-10-18(3)11-13-29/h4-9,15-18H,10-14H2,1-3H3. The third kappa shape index (κ3) is 4.78. The van der Waals surface area contributed by atoms with E-state index in [1.54, 1.807) is 29.2 Å². The summed E-state index contributed by atoms with van der Waals surface area (Å²) < 4.78 is 41.9. The number of aromatic nitrogens is 1. The molecule has 0 unspecified atom stereocenters. The highest BCUT2D eigenvalue weighted by atomic mass is 32.2. The minimum atomic E-state index is -4.11. The molecule has 0 atom stereocenters. The van der Waals surface area contributed by atoms with Gasteiger partial charge in [-0.25, -0.2) is 12.8 Å². The lowest BCUT2D eigenvalue weighted by atomic mass is 9.98. The summed E-state index contributed by atoms with van der Waals surface area (Å²) in [6.07, 6.45) is 3.88. The number of piperidine rings is 1. The Labute approximate surface area is 194 Å². The zero-order chi connectivity index (χ0) is 23.8. The summed E-state index contributed by atoms with van der Waals surface area (Å²) in [7, 11) is -4.11. The number of hydrogen-bond acceptors (Lipinski definition) is 4. The number of amides is 1. The lowest BCUT2D eigenvalue weighted by Gasteiger charge is -2.30. The van der Waals surface area contributed by atoms with E-state index >= 15 is 0 Å². The van der Waals surface area contributed by atoms with Gasteiger partial charge in [-0.1, -0.05) is 32.9 Å². The van der Waals surface area contributed by atoms with E-state index in [0.29, 0.717) is 30.4 Å². The molecule has 1 amide bonds. The number of halogens is 1. The number of hydrogen-bond donors (Lipinski definition) is 0. The van der Waals surface area contributed by atoms with Crippen molar-refractivity contribution in [2.24, 2.45) is 11.8 Å². The van der Waals surface area contributed by atoms with E-state index in [0.717, 1.165) is 30.9 Å². The second-order valence-electron chi connectivity index (χ2n) is 9.38. The summed E-state index contributed by atoms with van der Waals surface area (Å²) in [6.45, 7) is 7.46. The van der Waals surface area contributed by atoms with Gasteiger partial charge in [-0.05, 0) is 67.0 Å². The van der Waals surface area contributed by atoms with Crippen LogP contribution in [0.4, 0.5) is 4.39 Å². The van der Waals surface area contributed by atoms with Crippen molar-refractivity contribution in [3.8, 4) is 0 Å². The topological polar surface area (TPSA) is 67.3 Å². The molecule has 0 spiro atoms. The number of nitrogens with zero attached hydrogens (tertiary/aromatic N) is 2. The normalized spacial score (nSPS) is 15.4. The number of carbonyl (C=O) groups excluding carboxylic acids is 1. The van der Waals surface area contributed by atoms with E-state index in [1.807, 2.05) is 0 Å². The van der Waals surface area contributed by atoms with E-state index in [1.165, 1.54) is 18.3 Å². The number of likely N-dealkylation sites (tertiary alicyclic amines) is 1. The highest BCUT2D eigenvalue weighted by Crippen LogP contribution is 2.33. The zero-order valence-corrected chi connectivity index (χ0v) is 20.0. The van der Waals surface area contributed by atoms with Crippen molar-refractivity contribution in [3.05, 3.63) is 65.6 Å². The maximum Gasteiger partial charge on any atom is 0.256 e. The molecule has 4 rings (SSSR count). The second-order valence-corrected chi connectivity index (χ2v) is 11.3. The molecule has 174 valence electrons. The summed E-state index contributed by atoms with van der Waals surface area (Å²) >= 11 is 0. The monoisotopic (exact) mass is 468 g/mol. The second kappa shape index (κ2) is 9.21. The minimum Gasteiger partial charge on any atom is -0.339 e. The Morgan fingerprint density at radius 2 is 1.79 bits per heavy atom. The van der Waals surface area contributed by atoms with Gasteiger partial charge in [0.15, 0.2) is 0 Å². The van der Waals surface area contributed by atoms with E-state index < -0.39 is 15.7 Å². The molecule has 0 saturated carbocycles. The summed E-state index contributed by atoms with van der Waals surface area (Å²) in [6, 6.07) is 10.5. The summed E-state index contributed by atoms with van der Waals surface area (Å²) in [4.78, 5) is 19.3. The maximum atomic E-state index is 14.2. The van der Waals surface area contributed by atoms with Crippen LogP contribution in [0, 0.1) is 17.7 Å². The molecular weight excluding hydrogens is 439 g/mol. The van der Waals surface area contributed by atoms with E-state index in [2.05, 4.69) is 25.8 Å². The molecule has 33 heavy (non-hydrogen) atoms. The summed E-state index contributed by atoms with van der Waals surface area (Å²) in [5, 5.41) is 0.123. The summed E-state index contributed by atoms with van der Waals surface area (Å²) in [5.41, 5.74) is 1.36. The van der Waals surface area contributed by atoms with E-state index in [9.17, 15) is 17.6 Å². The SMILES string of the molecule is CC(C)Cc1ccc(S(=O)(=O)c2c(C(=O)N3CCC(C)CC3)cnc3ccc(F)cc23)cc1.